The van der Waals surface area contributed by atoms with Crippen LogP contribution in [0.4, 0.5) is 4.79 Å². The summed E-state index contributed by atoms with van der Waals surface area (Å²) in [5.41, 5.74) is 0.905. The minimum absolute atomic E-state index is 0.132. The molecule has 0 aliphatic rings. The predicted molar refractivity (Wildman–Crippen MR) is 119 cm³/mol. The average Bonchev–Trinajstić information content (AvgIpc) is 3.32. The van der Waals surface area contributed by atoms with Crippen LogP contribution in [0.25, 0.3) is 20.4 Å². The third-order valence-electron chi connectivity index (χ3n) is 4.19. The molecule has 11 nitrogen and oxygen atoms in total. The fraction of sp³-hybridized carbons (Fsp3) is 0.118. The van der Waals surface area contributed by atoms with E-state index < -0.39 is 37.0 Å². The molecule has 2 atom stereocenters. The minimum Gasteiger partial charge on any atom is -0.314 e. The first-order valence-electron chi connectivity index (χ1n) is 8.73. The highest BCUT2D eigenvalue weighted by atomic mass is 32.2. The maximum atomic E-state index is 12.5. The number of nitrogens with zero attached hydrogens (tertiary/aromatic N) is 2. The molecule has 0 saturated heterocycles. The minimum atomic E-state index is -4.87. The number of para-hydroxylation sites is 2. The Labute approximate surface area is 189 Å². The molecule has 0 saturated carbocycles. The van der Waals surface area contributed by atoms with Crippen LogP contribution >= 0.6 is 22.7 Å². The number of rotatable bonds is 6. The van der Waals surface area contributed by atoms with Gasteiger partial charge in [0.1, 0.15) is 10.0 Å². The zero-order valence-electron chi connectivity index (χ0n) is 15.7. The van der Waals surface area contributed by atoms with Crippen LogP contribution in [-0.4, -0.2) is 41.9 Å². The van der Waals surface area contributed by atoms with E-state index in [1.807, 2.05) is 10.6 Å². The number of hydrogen-bond donors (Lipinski definition) is 4. The molecule has 4 N–H and O–H groups in total. The second-order valence-corrected chi connectivity index (χ2v) is 11.6. The van der Waals surface area contributed by atoms with E-state index in [0.717, 1.165) is 22.7 Å². The summed E-state index contributed by atoms with van der Waals surface area (Å²) in [6.45, 7) is 0. The van der Waals surface area contributed by atoms with Crippen molar-refractivity contribution < 1.29 is 30.7 Å². The summed E-state index contributed by atoms with van der Waals surface area (Å²) in [6, 6.07) is 12.1. The van der Waals surface area contributed by atoms with Gasteiger partial charge in [-0.25, -0.2) is 14.8 Å². The lowest BCUT2D eigenvalue weighted by atomic mass is 10.3. The summed E-state index contributed by atoms with van der Waals surface area (Å²) in [5.74, 6) is 0. The Morgan fingerprint density at radius 1 is 0.750 bits per heavy atom. The number of nitrogens with one attached hydrogen (secondary N) is 2. The largest absolute Gasteiger partial charge is 0.317 e. The Bertz CT molecular complexity index is 1350. The van der Waals surface area contributed by atoms with Gasteiger partial charge >= 0.3 is 6.03 Å². The van der Waals surface area contributed by atoms with E-state index in [9.17, 15) is 30.7 Å². The highest BCUT2D eigenvalue weighted by Crippen LogP contribution is 2.30. The fourth-order valence-corrected chi connectivity index (χ4v) is 6.76. The summed E-state index contributed by atoms with van der Waals surface area (Å²) < 4.78 is 68.2. The maximum Gasteiger partial charge on any atom is 0.317 e. The van der Waals surface area contributed by atoms with Gasteiger partial charge in [-0.3, -0.25) is 9.11 Å². The molecule has 4 rings (SSSR count). The van der Waals surface area contributed by atoms with Crippen LogP contribution in [0, 0.1) is 0 Å². The van der Waals surface area contributed by atoms with Crippen LogP contribution < -0.4 is 10.6 Å². The Kier molecular flexibility index (Phi) is 5.87. The van der Waals surface area contributed by atoms with E-state index in [0.29, 0.717) is 20.4 Å². The van der Waals surface area contributed by atoms with Gasteiger partial charge in [0.05, 0.1) is 20.4 Å². The molecular weight excluding hydrogens is 500 g/mol. The van der Waals surface area contributed by atoms with E-state index in [4.69, 9.17) is 0 Å². The van der Waals surface area contributed by atoms with Gasteiger partial charge in [0.2, 0.25) is 10.7 Å². The second-order valence-electron chi connectivity index (χ2n) is 6.45. The van der Waals surface area contributed by atoms with Crippen molar-refractivity contribution in [2.45, 2.75) is 10.7 Å². The molecule has 168 valence electrons. The lowest BCUT2D eigenvalue weighted by Gasteiger charge is -2.17. The van der Waals surface area contributed by atoms with Crippen molar-refractivity contribution in [3.05, 3.63) is 58.5 Å². The third kappa shape index (κ3) is 4.72. The number of carbonyl (C=O) groups excluding carboxylic acids is 1. The fourth-order valence-electron chi connectivity index (χ4n) is 2.81. The van der Waals surface area contributed by atoms with E-state index in [1.165, 1.54) is 0 Å². The summed E-state index contributed by atoms with van der Waals surface area (Å²) in [7, 11) is -9.73. The number of urea groups is 1. The van der Waals surface area contributed by atoms with Gasteiger partial charge in [-0.1, -0.05) is 24.3 Å². The van der Waals surface area contributed by atoms with Crippen LogP contribution in [0.2, 0.25) is 0 Å². The molecule has 0 aliphatic carbocycles. The summed E-state index contributed by atoms with van der Waals surface area (Å²) >= 11 is 1.85. The highest BCUT2D eigenvalue weighted by molar-refractivity contribution is 7.86. The van der Waals surface area contributed by atoms with Crippen LogP contribution in [0.5, 0.6) is 0 Å². The van der Waals surface area contributed by atoms with Gasteiger partial charge in [0.15, 0.2) is 0 Å². The normalized spacial score (nSPS) is 14.3. The number of carbonyl (C=O) groups is 1. The van der Waals surface area contributed by atoms with Gasteiger partial charge in [-0.15, -0.1) is 22.7 Å². The molecule has 2 unspecified atom stereocenters. The van der Waals surface area contributed by atoms with Crippen molar-refractivity contribution in [3.63, 3.8) is 0 Å². The monoisotopic (exact) mass is 514 g/mol. The number of amides is 2. The van der Waals surface area contributed by atoms with Crippen LogP contribution in [-0.2, 0) is 20.2 Å². The predicted octanol–water partition coefficient (Wildman–Crippen LogP) is 2.68. The molecule has 15 heteroatoms. The van der Waals surface area contributed by atoms with Crippen LogP contribution in [0.15, 0.2) is 48.5 Å². The van der Waals surface area contributed by atoms with E-state index in [2.05, 4.69) is 9.97 Å². The number of hydrogen-bond acceptors (Lipinski definition) is 9. The van der Waals surface area contributed by atoms with Crippen LogP contribution in [0.3, 0.4) is 0 Å². The van der Waals surface area contributed by atoms with Gasteiger partial charge in [-0.05, 0) is 24.3 Å². The van der Waals surface area contributed by atoms with Crippen molar-refractivity contribution >= 4 is 69.4 Å². The molecular formula is C17H14N4O7S4. The number of thiazole rings is 2. The Hall–Kier alpha value is -2.69. The first-order chi connectivity index (χ1) is 15.0. The smallest absolute Gasteiger partial charge is 0.314 e. The van der Waals surface area contributed by atoms with Gasteiger partial charge in [0, 0.05) is 0 Å². The first kappa shape index (κ1) is 22.5. The van der Waals surface area contributed by atoms with Crippen molar-refractivity contribution in [1.82, 2.24) is 20.6 Å². The molecule has 2 aromatic carbocycles. The zero-order chi connectivity index (χ0) is 23.1. The lowest BCUT2D eigenvalue weighted by molar-refractivity contribution is 0.237. The molecule has 32 heavy (non-hydrogen) atoms. The standard InChI is InChI=1S/C17H14N4O7S4/c22-17(20-15(31(23,24)25)13-18-9-5-1-3-7-11(9)29-13)21-16(32(26,27)28)14-19-10-6-2-4-8-12(10)30-14/h1-8,15-16H,(H2,20,21,22)(H,23,24,25)(H,26,27,28). The Morgan fingerprint density at radius 3 is 1.47 bits per heavy atom. The highest BCUT2D eigenvalue weighted by Gasteiger charge is 2.34. The average molecular weight is 515 g/mol. The Balaban J connectivity index is 1.63. The third-order valence-corrected chi connectivity index (χ3v) is 8.56. The molecule has 0 bridgehead atoms. The molecule has 0 spiro atoms. The molecule has 2 amide bonds. The van der Waals surface area contributed by atoms with Crippen molar-refractivity contribution in [1.29, 1.82) is 0 Å². The van der Waals surface area contributed by atoms with E-state index in [1.54, 1.807) is 48.5 Å². The summed E-state index contributed by atoms with van der Waals surface area (Å²) in [5, 5.41) is -0.183. The SMILES string of the molecule is O=C(NC(c1nc2ccccc2s1)S(=O)(=O)O)NC(c1nc2ccccc2s1)S(=O)(=O)O. The van der Waals surface area contributed by atoms with E-state index in [-0.39, 0.29) is 10.0 Å². The Morgan fingerprint density at radius 2 is 1.12 bits per heavy atom. The lowest BCUT2D eigenvalue weighted by Crippen LogP contribution is -2.44. The summed E-state index contributed by atoms with van der Waals surface area (Å²) in [6.07, 6.45) is 0. The van der Waals surface area contributed by atoms with Crippen molar-refractivity contribution in [3.8, 4) is 0 Å². The first-order valence-corrected chi connectivity index (χ1v) is 13.4. The molecule has 4 aromatic rings. The van der Waals surface area contributed by atoms with Crippen LogP contribution in [0.1, 0.15) is 20.8 Å². The summed E-state index contributed by atoms with van der Waals surface area (Å²) in [4.78, 5) is 20.7. The second kappa shape index (κ2) is 8.34. The molecule has 2 aromatic heterocycles. The van der Waals surface area contributed by atoms with Crippen molar-refractivity contribution in [2.75, 3.05) is 0 Å². The maximum absolute atomic E-state index is 12.5. The topological polar surface area (TPSA) is 176 Å². The number of fused-ring (bicyclic) bond motifs is 2. The molecule has 2 heterocycles. The van der Waals surface area contributed by atoms with Gasteiger partial charge in [-0.2, -0.15) is 16.8 Å². The quantitative estimate of drug-likeness (QED) is 0.282. The number of benzene rings is 2. The molecule has 0 radical (unpaired) electrons. The molecule has 0 aliphatic heterocycles. The van der Waals surface area contributed by atoms with Gasteiger partial charge in [0.25, 0.3) is 20.2 Å². The van der Waals surface area contributed by atoms with Crippen molar-refractivity contribution in [2.24, 2.45) is 0 Å². The van der Waals surface area contributed by atoms with Gasteiger partial charge < -0.3 is 10.6 Å². The number of aromatic nitrogens is 2. The van der Waals surface area contributed by atoms with E-state index >= 15 is 0 Å². The zero-order valence-corrected chi connectivity index (χ0v) is 19.0. The molecule has 0 fully saturated rings.